The number of carboxylic acid groups (broad SMARTS) is 1. The van der Waals surface area contributed by atoms with Crippen molar-refractivity contribution in [3.63, 3.8) is 0 Å². The van der Waals surface area contributed by atoms with Crippen LogP contribution in [0.5, 0.6) is 5.75 Å². The molecule has 0 heterocycles. The van der Waals surface area contributed by atoms with Crippen LogP contribution in [0.25, 0.3) is 0 Å². The van der Waals surface area contributed by atoms with Crippen LogP contribution >= 0.6 is 0 Å². The number of rotatable bonds is 4. The number of hydrogen-bond acceptors (Lipinski definition) is 4. The highest BCUT2D eigenvalue weighted by Gasteiger charge is 2.22. The van der Waals surface area contributed by atoms with Gasteiger partial charge in [-0.15, -0.1) is 0 Å². The molecule has 6 nitrogen and oxygen atoms in total. The molecule has 0 aliphatic heterocycles. The van der Waals surface area contributed by atoms with Crippen LogP contribution in [0.1, 0.15) is 0 Å². The molecule has 0 fully saturated rings. The second-order valence-electron chi connectivity index (χ2n) is 3.15. The van der Waals surface area contributed by atoms with Crippen LogP contribution in [0.15, 0.2) is 29.2 Å². The lowest BCUT2D eigenvalue weighted by atomic mass is 10.3. The molecule has 1 aromatic rings. The van der Waals surface area contributed by atoms with Crippen molar-refractivity contribution in [3.8, 4) is 5.75 Å². The number of aromatic hydroxyl groups is 1. The zero-order valence-corrected chi connectivity index (χ0v) is 9.31. The number of carboxylic acids is 1. The van der Waals surface area contributed by atoms with E-state index in [1.54, 1.807) is 0 Å². The van der Waals surface area contributed by atoms with Crippen LogP contribution in [0.2, 0.25) is 0 Å². The number of aliphatic carboxylic acids is 1. The summed E-state index contributed by atoms with van der Waals surface area (Å²) in [6, 6.07) is 4.87. The predicted octanol–water partition coefficient (Wildman–Crippen LogP) is 0.0973. The summed E-state index contributed by atoms with van der Waals surface area (Å²) in [6.45, 7) is -0.608. The fraction of sp³-hybridized carbons (Fsp3) is 0.222. The van der Waals surface area contributed by atoms with E-state index in [4.69, 9.17) is 10.2 Å². The van der Waals surface area contributed by atoms with Crippen molar-refractivity contribution in [1.29, 1.82) is 0 Å². The number of likely N-dealkylation sites (N-methyl/N-ethyl adjacent to an activating group) is 1. The Labute approximate surface area is 92.8 Å². The summed E-state index contributed by atoms with van der Waals surface area (Å²) < 4.78 is 24.2. The molecule has 7 heteroatoms. The third-order valence-electron chi connectivity index (χ3n) is 1.90. The van der Waals surface area contributed by atoms with Gasteiger partial charge in [-0.3, -0.25) is 4.79 Å². The van der Waals surface area contributed by atoms with E-state index in [1.165, 1.54) is 31.3 Å². The quantitative estimate of drug-likeness (QED) is 0.784. The zero-order chi connectivity index (χ0) is 12.3. The Morgan fingerprint density at radius 2 is 1.81 bits per heavy atom. The average molecular weight is 245 g/mol. The Morgan fingerprint density at radius 3 is 2.25 bits per heavy atom. The van der Waals surface area contributed by atoms with E-state index < -0.39 is 22.5 Å². The molecular weight excluding hydrogens is 234 g/mol. The van der Waals surface area contributed by atoms with Crippen LogP contribution < -0.4 is 0 Å². The fourth-order valence-corrected chi connectivity index (χ4v) is 2.19. The smallest absolute Gasteiger partial charge is 0.318 e. The van der Waals surface area contributed by atoms with E-state index in [0.717, 1.165) is 4.31 Å². The number of phenols is 1. The van der Waals surface area contributed by atoms with Crippen molar-refractivity contribution in [2.45, 2.75) is 4.90 Å². The van der Waals surface area contributed by atoms with Gasteiger partial charge in [0.15, 0.2) is 0 Å². The Hall–Kier alpha value is -1.60. The minimum atomic E-state index is -3.81. The Balaban J connectivity index is 3.02. The largest absolute Gasteiger partial charge is 0.508 e. The SMILES string of the molecule is CN(CC(=O)O)S(=O)(=O)c1ccc(O)cc1. The molecule has 2 N–H and O–H groups in total. The monoisotopic (exact) mass is 245 g/mol. The van der Waals surface area contributed by atoms with E-state index in [9.17, 15) is 13.2 Å². The lowest BCUT2D eigenvalue weighted by Gasteiger charge is -2.14. The minimum Gasteiger partial charge on any atom is -0.508 e. The lowest BCUT2D eigenvalue weighted by Crippen LogP contribution is -2.31. The van der Waals surface area contributed by atoms with Crippen LogP contribution in [0.4, 0.5) is 0 Å². The van der Waals surface area contributed by atoms with Gasteiger partial charge in [-0.25, -0.2) is 8.42 Å². The van der Waals surface area contributed by atoms with E-state index in [2.05, 4.69) is 0 Å². The number of phenolic OH excluding ortho intramolecular Hbond substituents is 1. The van der Waals surface area contributed by atoms with Crippen molar-refractivity contribution in [3.05, 3.63) is 24.3 Å². The van der Waals surface area contributed by atoms with Gasteiger partial charge in [0.25, 0.3) is 0 Å². The molecule has 1 rings (SSSR count). The number of benzene rings is 1. The molecule has 0 aliphatic rings. The van der Waals surface area contributed by atoms with Crippen molar-refractivity contribution in [2.24, 2.45) is 0 Å². The molecule has 0 radical (unpaired) electrons. The summed E-state index contributed by atoms with van der Waals surface area (Å²) in [7, 11) is -2.63. The molecule has 88 valence electrons. The van der Waals surface area contributed by atoms with E-state index in [0.29, 0.717) is 0 Å². The highest BCUT2D eigenvalue weighted by molar-refractivity contribution is 7.89. The third-order valence-corrected chi connectivity index (χ3v) is 3.72. The van der Waals surface area contributed by atoms with Gasteiger partial charge in [0.05, 0.1) is 4.90 Å². The lowest BCUT2D eigenvalue weighted by molar-refractivity contribution is -0.137. The Kier molecular flexibility index (Phi) is 3.51. The maximum absolute atomic E-state index is 11.8. The van der Waals surface area contributed by atoms with Crippen molar-refractivity contribution < 1.29 is 23.4 Å². The summed E-state index contributed by atoms with van der Waals surface area (Å²) >= 11 is 0. The zero-order valence-electron chi connectivity index (χ0n) is 8.49. The first-order chi connectivity index (χ1) is 7.34. The van der Waals surface area contributed by atoms with Gasteiger partial charge < -0.3 is 10.2 Å². The molecule has 1 aromatic carbocycles. The van der Waals surface area contributed by atoms with Gasteiger partial charge in [0.1, 0.15) is 12.3 Å². The summed E-state index contributed by atoms with van der Waals surface area (Å²) in [4.78, 5) is 10.3. The van der Waals surface area contributed by atoms with E-state index in [-0.39, 0.29) is 10.6 Å². The molecule has 0 saturated carbocycles. The van der Waals surface area contributed by atoms with Gasteiger partial charge in [0.2, 0.25) is 10.0 Å². The van der Waals surface area contributed by atoms with Crippen molar-refractivity contribution >= 4 is 16.0 Å². The normalized spacial score (nSPS) is 11.6. The first-order valence-corrected chi connectivity index (χ1v) is 5.75. The Bertz CT molecular complexity index is 479. The molecule has 0 unspecified atom stereocenters. The van der Waals surface area contributed by atoms with Gasteiger partial charge >= 0.3 is 5.97 Å². The summed E-state index contributed by atoms with van der Waals surface area (Å²) in [5, 5.41) is 17.5. The minimum absolute atomic E-state index is 0.0557. The molecule has 0 amide bonds. The topological polar surface area (TPSA) is 94.9 Å². The molecule has 0 spiro atoms. The molecular formula is C9H11NO5S. The molecule has 0 bridgehead atoms. The van der Waals surface area contributed by atoms with E-state index in [1.807, 2.05) is 0 Å². The summed E-state index contributed by atoms with van der Waals surface area (Å²) in [6.07, 6.45) is 0. The third kappa shape index (κ3) is 2.71. The van der Waals surface area contributed by atoms with Gasteiger partial charge in [0, 0.05) is 7.05 Å². The number of carbonyl (C=O) groups is 1. The molecule has 0 aliphatic carbocycles. The maximum atomic E-state index is 11.8. The maximum Gasteiger partial charge on any atom is 0.318 e. The number of hydrogen-bond donors (Lipinski definition) is 2. The second kappa shape index (κ2) is 4.50. The molecule has 16 heavy (non-hydrogen) atoms. The van der Waals surface area contributed by atoms with Crippen molar-refractivity contribution in [2.75, 3.05) is 13.6 Å². The second-order valence-corrected chi connectivity index (χ2v) is 5.19. The Morgan fingerprint density at radius 1 is 1.31 bits per heavy atom. The standard InChI is InChI=1S/C9H11NO5S/c1-10(6-9(12)13)16(14,15)8-4-2-7(11)3-5-8/h2-5,11H,6H2,1H3,(H,12,13). The molecule has 0 aromatic heterocycles. The number of nitrogens with zero attached hydrogens (tertiary/aromatic N) is 1. The van der Waals surface area contributed by atoms with Crippen LogP contribution in [0.3, 0.4) is 0 Å². The highest BCUT2D eigenvalue weighted by atomic mass is 32.2. The fourth-order valence-electron chi connectivity index (χ4n) is 1.07. The van der Waals surface area contributed by atoms with Gasteiger partial charge in [-0.2, -0.15) is 4.31 Å². The first-order valence-electron chi connectivity index (χ1n) is 4.31. The number of sulfonamides is 1. The van der Waals surface area contributed by atoms with Crippen LogP contribution in [0, 0.1) is 0 Å². The summed E-state index contributed by atoms with van der Waals surface area (Å²) in [5.41, 5.74) is 0. The van der Waals surface area contributed by atoms with Crippen LogP contribution in [-0.2, 0) is 14.8 Å². The molecule has 0 atom stereocenters. The van der Waals surface area contributed by atoms with Gasteiger partial charge in [-0.05, 0) is 24.3 Å². The first kappa shape index (κ1) is 12.5. The van der Waals surface area contributed by atoms with E-state index >= 15 is 0 Å². The average Bonchev–Trinajstić information content (AvgIpc) is 2.17. The highest BCUT2D eigenvalue weighted by Crippen LogP contribution is 2.17. The van der Waals surface area contributed by atoms with Crippen LogP contribution in [-0.4, -0.2) is 42.5 Å². The summed E-state index contributed by atoms with van der Waals surface area (Å²) in [5.74, 6) is -1.29. The van der Waals surface area contributed by atoms with Gasteiger partial charge in [-0.1, -0.05) is 0 Å². The molecule has 0 saturated heterocycles. The van der Waals surface area contributed by atoms with Crippen molar-refractivity contribution in [1.82, 2.24) is 4.31 Å². The predicted molar refractivity (Wildman–Crippen MR) is 55.6 cm³/mol.